The van der Waals surface area contributed by atoms with Gasteiger partial charge in [0.1, 0.15) is 0 Å². The van der Waals surface area contributed by atoms with Crippen LogP contribution in [0.25, 0.3) is 0 Å². The van der Waals surface area contributed by atoms with Gasteiger partial charge in [0.05, 0.1) is 0 Å². The van der Waals surface area contributed by atoms with Gasteiger partial charge in [-0.05, 0) is 51.1 Å². The number of benzene rings is 1. The van der Waals surface area contributed by atoms with Crippen molar-refractivity contribution in [1.29, 1.82) is 0 Å². The molecule has 0 bridgehead atoms. The SMILES string of the molecule is CCCNC(CCC1CCCC1)c1cc(C)cc(C)c1. The van der Waals surface area contributed by atoms with E-state index in [-0.39, 0.29) is 0 Å². The highest BCUT2D eigenvalue weighted by atomic mass is 14.9. The molecule has 1 N–H and O–H groups in total. The van der Waals surface area contributed by atoms with E-state index in [1.807, 2.05) is 0 Å². The van der Waals surface area contributed by atoms with Crippen molar-refractivity contribution in [3.05, 3.63) is 34.9 Å². The Morgan fingerprint density at radius 2 is 1.75 bits per heavy atom. The minimum atomic E-state index is 0.550. The summed E-state index contributed by atoms with van der Waals surface area (Å²) in [5, 5.41) is 3.76. The van der Waals surface area contributed by atoms with E-state index in [1.54, 1.807) is 0 Å². The molecule has 1 aliphatic carbocycles. The van der Waals surface area contributed by atoms with Crippen molar-refractivity contribution >= 4 is 0 Å². The van der Waals surface area contributed by atoms with E-state index in [0.29, 0.717) is 6.04 Å². The molecule has 1 aromatic carbocycles. The molecule has 1 aliphatic rings. The molecule has 2 rings (SSSR count). The van der Waals surface area contributed by atoms with Gasteiger partial charge >= 0.3 is 0 Å². The molecule has 1 nitrogen and oxygen atoms in total. The quantitative estimate of drug-likeness (QED) is 0.709. The first-order valence-corrected chi connectivity index (χ1v) is 8.50. The van der Waals surface area contributed by atoms with Crippen molar-refractivity contribution < 1.29 is 0 Å². The Kier molecular flexibility index (Phi) is 6.09. The van der Waals surface area contributed by atoms with Gasteiger partial charge in [-0.1, -0.05) is 61.9 Å². The van der Waals surface area contributed by atoms with Crippen LogP contribution >= 0.6 is 0 Å². The molecule has 0 saturated heterocycles. The van der Waals surface area contributed by atoms with Gasteiger partial charge in [0, 0.05) is 6.04 Å². The zero-order valence-corrected chi connectivity index (χ0v) is 13.5. The first kappa shape index (κ1) is 15.6. The summed E-state index contributed by atoms with van der Waals surface area (Å²) in [6.45, 7) is 7.81. The average Bonchev–Trinajstić information content (AvgIpc) is 2.91. The lowest BCUT2D eigenvalue weighted by Crippen LogP contribution is -2.23. The lowest BCUT2D eigenvalue weighted by Gasteiger charge is -2.22. The molecule has 0 aromatic heterocycles. The molecular weight excluding hydrogens is 242 g/mol. The standard InChI is InChI=1S/C19H31N/c1-4-11-20-19(10-9-17-7-5-6-8-17)18-13-15(2)12-16(3)14-18/h12-14,17,19-20H,4-11H2,1-3H3. The smallest absolute Gasteiger partial charge is 0.0320 e. The Bertz CT molecular complexity index is 384. The first-order valence-electron chi connectivity index (χ1n) is 8.50. The lowest BCUT2D eigenvalue weighted by atomic mass is 9.93. The summed E-state index contributed by atoms with van der Waals surface area (Å²) in [6, 6.07) is 7.57. The van der Waals surface area contributed by atoms with Crippen LogP contribution in [0.15, 0.2) is 18.2 Å². The van der Waals surface area contributed by atoms with Gasteiger partial charge in [-0.15, -0.1) is 0 Å². The number of aryl methyl sites for hydroxylation is 2. The number of rotatable bonds is 7. The van der Waals surface area contributed by atoms with E-state index in [9.17, 15) is 0 Å². The topological polar surface area (TPSA) is 12.0 Å². The Hall–Kier alpha value is -0.820. The summed E-state index contributed by atoms with van der Waals surface area (Å²) in [5.41, 5.74) is 4.28. The molecule has 20 heavy (non-hydrogen) atoms. The van der Waals surface area contributed by atoms with Gasteiger partial charge < -0.3 is 5.32 Å². The van der Waals surface area contributed by atoms with E-state index in [1.165, 1.54) is 61.6 Å². The molecule has 1 saturated carbocycles. The molecule has 1 atom stereocenters. The maximum absolute atomic E-state index is 3.76. The molecule has 0 amide bonds. The van der Waals surface area contributed by atoms with Crippen LogP contribution in [0.3, 0.4) is 0 Å². The second kappa shape index (κ2) is 7.83. The van der Waals surface area contributed by atoms with Crippen LogP contribution in [-0.2, 0) is 0 Å². The fourth-order valence-corrected chi connectivity index (χ4v) is 3.62. The summed E-state index contributed by atoms with van der Waals surface area (Å²) in [6.07, 6.45) is 9.76. The monoisotopic (exact) mass is 273 g/mol. The summed E-state index contributed by atoms with van der Waals surface area (Å²) < 4.78 is 0. The average molecular weight is 273 g/mol. The zero-order valence-electron chi connectivity index (χ0n) is 13.5. The van der Waals surface area contributed by atoms with Crippen LogP contribution in [-0.4, -0.2) is 6.54 Å². The van der Waals surface area contributed by atoms with Crippen molar-refractivity contribution in [2.75, 3.05) is 6.54 Å². The Labute approximate surface area is 125 Å². The summed E-state index contributed by atoms with van der Waals surface area (Å²) >= 11 is 0. The Morgan fingerprint density at radius 3 is 2.35 bits per heavy atom. The van der Waals surface area contributed by atoms with Gasteiger partial charge in [-0.3, -0.25) is 0 Å². The summed E-state index contributed by atoms with van der Waals surface area (Å²) in [4.78, 5) is 0. The maximum Gasteiger partial charge on any atom is 0.0320 e. The fourth-order valence-electron chi connectivity index (χ4n) is 3.62. The van der Waals surface area contributed by atoms with Crippen molar-refractivity contribution in [3.8, 4) is 0 Å². The van der Waals surface area contributed by atoms with E-state index >= 15 is 0 Å². The number of hydrogen-bond donors (Lipinski definition) is 1. The lowest BCUT2D eigenvalue weighted by molar-refractivity contribution is 0.411. The largest absolute Gasteiger partial charge is 0.310 e. The van der Waals surface area contributed by atoms with E-state index in [2.05, 4.69) is 44.3 Å². The molecular formula is C19H31N. The normalized spacial score (nSPS) is 17.6. The van der Waals surface area contributed by atoms with Crippen LogP contribution < -0.4 is 5.32 Å². The van der Waals surface area contributed by atoms with Crippen molar-refractivity contribution in [2.24, 2.45) is 5.92 Å². The first-order chi connectivity index (χ1) is 9.69. The number of hydrogen-bond acceptors (Lipinski definition) is 1. The predicted molar refractivity (Wildman–Crippen MR) is 88.1 cm³/mol. The second-order valence-electron chi connectivity index (χ2n) is 6.66. The van der Waals surface area contributed by atoms with Crippen LogP contribution in [0.1, 0.15) is 74.6 Å². The molecule has 0 radical (unpaired) electrons. The third-order valence-electron chi connectivity index (χ3n) is 4.63. The van der Waals surface area contributed by atoms with Crippen LogP contribution in [0.5, 0.6) is 0 Å². The van der Waals surface area contributed by atoms with E-state index in [4.69, 9.17) is 0 Å². The Morgan fingerprint density at radius 1 is 1.10 bits per heavy atom. The summed E-state index contributed by atoms with van der Waals surface area (Å²) in [5.74, 6) is 0.992. The molecule has 1 fully saturated rings. The molecule has 112 valence electrons. The third kappa shape index (κ3) is 4.63. The van der Waals surface area contributed by atoms with Crippen LogP contribution in [0.2, 0.25) is 0 Å². The van der Waals surface area contributed by atoms with E-state index < -0.39 is 0 Å². The summed E-state index contributed by atoms with van der Waals surface area (Å²) in [7, 11) is 0. The van der Waals surface area contributed by atoms with Gasteiger partial charge in [0.15, 0.2) is 0 Å². The highest BCUT2D eigenvalue weighted by Gasteiger charge is 2.18. The Balaban J connectivity index is 2.00. The second-order valence-corrected chi connectivity index (χ2v) is 6.66. The fraction of sp³-hybridized carbons (Fsp3) is 0.684. The van der Waals surface area contributed by atoms with E-state index in [0.717, 1.165) is 12.5 Å². The van der Waals surface area contributed by atoms with Gasteiger partial charge in [0.2, 0.25) is 0 Å². The van der Waals surface area contributed by atoms with Gasteiger partial charge in [-0.2, -0.15) is 0 Å². The molecule has 1 unspecified atom stereocenters. The van der Waals surface area contributed by atoms with Crippen molar-refractivity contribution in [1.82, 2.24) is 5.32 Å². The molecule has 0 spiro atoms. The van der Waals surface area contributed by atoms with Gasteiger partial charge in [-0.25, -0.2) is 0 Å². The molecule has 1 heteroatoms. The third-order valence-corrected chi connectivity index (χ3v) is 4.63. The molecule has 0 aliphatic heterocycles. The van der Waals surface area contributed by atoms with Gasteiger partial charge in [0.25, 0.3) is 0 Å². The highest BCUT2D eigenvalue weighted by molar-refractivity contribution is 5.30. The minimum Gasteiger partial charge on any atom is -0.310 e. The van der Waals surface area contributed by atoms with Crippen LogP contribution in [0, 0.1) is 19.8 Å². The number of nitrogens with one attached hydrogen (secondary N) is 1. The minimum absolute atomic E-state index is 0.550. The maximum atomic E-state index is 3.76. The molecule has 1 aromatic rings. The predicted octanol–water partition coefficient (Wildman–Crippen LogP) is 5.31. The highest BCUT2D eigenvalue weighted by Crippen LogP contribution is 2.31. The molecule has 0 heterocycles. The van der Waals surface area contributed by atoms with Crippen molar-refractivity contribution in [2.45, 2.75) is 71.8 Å². The zero-order chi connectivity index (χ0) is 14.4. The van der Waals surface area contributed by atoms with Crippen LogP contribution in [0.4, 0.5) is 0 Å². The van der Waals surface area contributed by atoms with Crippen molar-refractivity contribution in [3.63, 3.8) is 0 Å².